The molecule has 0 aliphatic heterocycles. The Morgan fingerprint density at radius 3 is 1.70 bits per heavy atom. The number of rotatable bonds is 4. The van der Waals surface area contributed by atoms with Crippen LogP contribution in [0.2, 0.25) is 0 Å². The van der Waals surface area contributed by atoms with Crippen LogP contribution in [0.15, 0.2) is 127 Å². The van der Waals surface area contributed by atoms with Gasteiger partial charge in [-0.1, -0.05) is 115 Å². The monoisotopic (exact) mass is 423 g/mol. The first kappa shape index (κ1) is 19.2. The van der Waals surface area contributed by atoms with Gasteiger partial charge in [-0.15, -0.1) is 0 Å². The molecule has 156 valence electrons. The highest BCUT2D eigenvalue weighted by Gasteiger charge is 2.17. The normalized spacial score (nSPS) is 11.0. The fourth-order valence-corrected chi connectivity index (χ4v) is 4.21. The molecule has 4 aromatic carbocycles. The maximum atomic E-state index is 5.14. The van der Waals surface area contributed by atoms with Crippen LogP contribution in [0.4, 0.5) is 0 Å². The minimum absolute atomic E-state index is 0.827. The molecule has 0 bridgehead atoms. The second-order valence-electron chi connectivity index (χ2n) is 7.98. The summed E-state index contributed by atoms with van der Waals surface area (Å²) in [6.07, 6.45) is 0. The quantitative estimate of drug-likeness (QED) is 0.295. The molecule has 0 atom stereocenters. The molecular formula is C30H21N3. The van der Waals surface area contributed by atoms with Crippen LogP contribution in [0.5, 0.6) is 0 Å². The van der Waals surface area contributed by atoms with E-state index < -0.39 is 0 Å². The van der Waals surface area contributed by atoms with E-state index in [9.17, 15) is 0 Å². The van der Waals surface area contributed by atoms with Gasteiger partial charge in [0.1, 0.15) is 0 Å². The van der Waals surface area contributed by atoms with Crippen LogP contribution < -0.4 is 0 Å². The summed E-state index contributed by atoms with van der Waals surface area (Å²) in [5.41, 5.74) is 6.13. The van der Waals surface area contributed by atoms with Gasteiger partial charge in [0, 0.05) is 22.1 Å². The second-order valence-corrected chi connectivity index (χ2v) is 7.98. The summed E-state index contributed by atoms with van der Waals surface area (Å²) < 4.78 is 1.99. The number of nitrogens with zero attached hydrogens (tertiary/aromatic N) is 3. The van der Waals surface area contributed by atoms with E-state index in [1.165, 1.54) is 0 Å². The van der Waals surface area contributed by atoms with Crippen molar-refractivity contribution in [2.24, 2.45) is 0 Å². The number of hydrogen-bond acceptors (Lipinski definition) is 2. The molecule has 0 saturated heterocycles. The lowest BCUT2D eigenvalue weighted by Crippen LogP contribution is -2.04. The lowest BCUT2D eigenvalue weighted by Gasteiger charge is -2.12. The van der Waals surface area contributed by atoms with Gasteiger partial charge in [0.25, 0.3) is 0 Å². The van der Waals surface area contributed by atoms with Gasteiger partial charge < -0.3 is 0 Å². The SMILES string of the molecule is c1ccc(-c2cc3ccccc3c(-n3nc(-c4ccccc4)cc3-c3ccccc3)n2)cc1. The number of hydrogen-bond donors (Lipinski definition) is 0. The van der Waals surface area contributed by atoms with Gasteiger partial charge >= 0.3 is 0 Å². The summed E-state index contributed by atoms with van der Waals surface area (Å²) in [6, 6.07) is 43.6. The molecule has 0 amide bonds. The van der Waals surface area contributed by atoms with E-state index in [-0.39, 0.29) is 0 Å². The average Bonchev–Trinajstić information content (AvgIpc) is 3.35. The van der Waals surface area contributed by atoms with Crippen LogP contribution in [0.25, 0.3) is 50.4 Å². The first-order valence-corrected chi connectivity index (χ1v) is 11.0. The smallest absolute Gasteiger partial charge is 0.162 e. The Morgan fingerprint density at radius 2 is 1.03 bits per heavy atom. The molecule has 0 aliphatic rings. The van der Waals surface area contributed by atoms with Gasteiger partial charge in [-0.3, -0.25) is 0 Å². The van der Waals surface area contributed by atoms with Crippen molar-refractivity contribution in [3.8, 4) is 39.6 Å². The van der Waals surface area contributed by atoms with Crippen molar-refractivity contribution in [1.82, 2.24) is 14.8 Å². The minimum atomic E-state index is 0.827. The first-order valence-electron chi connectivity index (χ1n) is 11.0. The third kappa shape index (κ3) is 3.60. The molecule has 0 spiro atoms. The summed E-state index contributed by atoms with van der Waals surface area (Å²) in [7, 11) is 0. The summed E-state index contributed by atoms with van der Waals surface area (Å²) >= 11 is 0. The fourth-order valence-electron chi connectivity index (χ4n) is 4.21. The second kappa shape index (κ2) is 8.21. The first-order chi connectivity index (χ1) is 16.4. The van der Waals surface area contributed by atoms with Crippen LogP contribution in [0.3, 0.4) is 0 Å². The Kier molecular flexibility index (Phi) is 4.78. The lowest BCUT2D eigenvalue weighted by atomic mass is 10.1. The topological polar surface area (TPSA) is 30.7 Å². The highest BCUT2D eigenvalue weighted by molar-refractivity contribution is 5.92. The van der Waals surface area contributed by atoms with E-state index >= 15 is 0 Å². The van der Waals surface area contributed by atoms with E-state index in [4.69, 9.17) is 10.1 Å². The average molecular weight is 424 g/mol. The maximum Gasteiger partial charge on any atom is 0.162 e. The zero-order valence-corrected chi connectivity index (χ0v) is 18.0. The van der Waals surface area contributed by atoms with Crippen LogP contribution in [0, 0.1) is 0 Å². The van der Waals surface area contributed by atoms with Crippen molar-refractivity contribution in [2.75, 3.05) is 0 Å². The van der Waals surface area contributed by atoms with Crippen molar-refractivity contribution in [1.29, 1.82) is 0 Å². The van der Waals surface area contributed by atoms with Crippen LogP contribution in [0.1, 0.15) is 0 Å². The number of fused-ring (bicyclic) bond motifs is 1. The van der Waals surface area contributed by atoms with E-state index in [0.717, 1.165) is 50.4 Å². The van der Waals surface area contributed by atoms with Crippen molar-refractivity contribution in [2.45, 2.75) is 0 Å². The largest absolute Gasteiger partial charge is 0.228 e. The van der Waals surface area contributed by atoms with Crippen LogP contribution in [-0.2, 0) is 0 Å². The third-order valence-electron chi connectivity index (χ3n) is 5.84. The Hall–Kier alpha value is -4.50. The molecule has 3 heteroatoms. The van der Waals surface area contributed by atoms with Crippen LogP contribution in [-0.4, -0.2) is 14.8 Å². The molecule has 3 nitrogen and oxygen atoms in total. The zero-order chi connectivity index (χ0) is 22.0. The molecule has 6 aromatic rings. The van der Waals surface area contributed by atoms with E-state index in [0.29, 0.717) is 0 Å². The highest BCUT2D eigenvalue weighted by Crippen LogP contribution is 2.32. The maximum absolute atomic E-state index is 5.14. The van der Waals surface area contributed by atoms with Gasteiger partial charge in [0.05, 0.1) is 17.1 Å². The molecule has 0 N–H and O–H groups in total. The molecule has 0 saturated carbocycles. The number of benzene rings is 4. The van der Waals surface area contributed by atoms with E-state index in [1.807, 2.05) is 47.1 Å². The summed E-state index contributed by atoms with van der Waals surface area (Å²) in [5, 5.41) is 7.27. The molecule has 0 aliphatic carbocycles. The minimum Gasteiger partial charge on any atom is -0.228 e. The summed E-state index contributed by atoms with van der Waals surface area (Å²) in [6.45, 7) is 0. The van der Waals surface area contributed by atoms with E-state index in [1.54, 1.807) is 0 Å². The molecule has 0 fully saturated rings. The Morgan fingerprint density at radius 1 is 0.485 bits per heavy atom. The zero-order valence-electron chi connectivity index (χ0n) is 18.0. The predicted molar refractivity (Wildman–Crippen MR) is 135 cm³/mol. The molecule has 0 unspecified atom stereocenters. The van der Waals surface area contributed by atoms with Crippen molar-refractivity contribution in [3.63, 3.8) is 0 Å². The standard InChI is InChI=1S/C30H21N3/c1-4-12-22(13-5-1)27-20-25-18-10-11-19-26(25)30(31-27)33-29(24-16-8-3-9-17-24)21-28(32-33)23-14-6-2-7-15-23/h1-21H. The van der Waals surface area contributed by atoms with Gasteiger partial charge in [-0.05, 0) is 17.5 Å². The number of aromatic nitrogens is 3. The Balaban J connectivity index is 1.65. The van der Waals surface area contributed by atoms with Gasteiger partial charge in [0.2, 0.25) is 0 Å². The van der Waals surface area contributed by atoms with Crippen molar-refractivity contribution >= 4 is 10.8 Å². The van der Waals surface area contributed by atoms with Gasteiger partial charge in [-0.2, -0.15) is 5.10 Å². The molecule has 0 radical (unpaired) electrons. The molecule has 2 heterocycles. The summed E-state index contributed by atoms with van der Waals surface area (Å²) in [5.74, 6) is 0.827. The molecule has 33 heavy (non-hydrogen) atoms. The summed E-state index contributed by atoms with van der Waals surface area (Å²) in [4.78, 5) is 5.14. The Labute approximate surface area is 192 Å². The number of pyridine rings is 1. The van der Waals surface area contributed by atoms with Crippen molar-refractivity contribution in [3.05, 3.63) is 127 Å². The highest BCUT2D eigenvalue weighted by atomic mass is 15.3. The lowest BCUT2D eigenvalue weighted by molar-refractivity contribution is 0.868. The van der Waals surface area contributed by atoms with Gasteiger partial charge in [-0.25, -0.2) is 9.67 Å². The van der Waals surface area contributed by atoms with Crippen molar-refractivity contribution < 1.29 is 0 Å². The van der Waals surface area contributed by atoms with Crippen LogP contribution >= 0.6 is 0 Å². The van der Waals surface area contributed by atoms with E-state index in [2.05, 4.69) is 84.9 Å². The molecule has 2 aromatic heterocycles. The molecule has 6 rings (SSSR count). The molecular weight excluding hydrogens is 402 g/mol. The predicted octanol–water partition coefficient (Wildman–Crippen LogP) is 7.42. The Bertz CT molecular complexity index is 1540. The third-order valence-corrected chi connectivity index (χ3v) is 5.84. The fraction of sp³-hybridized carbons (Fsp3) is 0. The van der Waals surface area contributed by atoms with Gasteiger partial charge in [0.15, 0.2) is 5.82 Å².